The second-order valence-electron chi connectivity index (χ2n) is 1.48. The highest BCUT2D eigenvalue weighted by atomic mass is 31.2. The Morgan fingerprint density at radius 3 is 0.857 bits per heavy atom. The summed E-state index contributed by atoms with van der Waals surface area (Å²) < 4.78 is 17.8. The van der Waals surface area contributed by atoms with Crippen LogP contribution in [0.3, 0.4) is 0 Å². The van der Waals surface area contributed by atoms with Crippen LogP contribution in [0.15, 0.2) is 0 Å². The van der Waals surface area contributed by atoms with Gasteiger partial charge in [-0.2, -0.15) is 0 Å². The summed E-state index contributed by atoms with van der Waals surface area (Å²) in [7, 11) is -9.28. The number of guanidine groups is 1. The van der Waals surface area contributed by atoms with Crippen LogP contribution in [0.25, 0.3) is 0 Å². The summed E-state index contributed by atoms with van der Waals surface area (Å²) in [5.74, 6) is -0.333. The Balaban J connectivity index is -0.000000131. The quantitative estimate of drug-likeness (QED) is 0.121. The van der Waals surface area contributed by atoms with Crippen molar-refractivity contribution in [3.8, 4) is 0 Å². The maximum atomic E-state index is 8.88. The van der Waals surface area contributed by atoms with Crippen LogP contribution in [-0.2, 0) is 9.13 Å². The van der Waals surface area contributed by atoms with Crippen molar-refractivity contribution in [1.82, 2.24) is 0 Å². The van der Waals surface area contributed by atoms with E-state index in [0.29, 0.717) is 0 Å². The van der Waals surface area contributed by atoms with E-state index in [-0.39, 0.29) is 5.96 Å². The largest absolute Gasteiger partial charge is 0.466 e. The van der Waals surface area contributed by atoms with Crippen molar-refractivity contribution in [3.63, 3.8) is 0 Å². The number of hydrogen-bond acceptors (Lipinski definition) is 3. The molecule has 0 radical (unpaired) electrons. The normalized spacial score (nSPS) is 10.1. The molecule has 0 amide bonds. The van der Waals surface area contributed by atoms with E-state index in [4.69, 9.17) is 43.9 Å². The number of nitrogens with two attached hydrogens (primary N) is 2. The molecule has 13 heteroatoms. The van der Waals surface area contributed by atoms with E-state index in [1.165, 1.54) is 0 Å². The fourth-order valence-electron chi connectivity index (χ4n) is 0. The molecule has 0 bridgehead atoms. The van der Waals surface area contributed by atoms with E-state index in [2.05, 4.69) is 11.5 Å². The van der Waals surface area contributed by atoms with Gasteiger partial charge in [-0.15, -0.1) is 0 Å². The van der Waals surface area contributed by atoms with E-state index in [9.17, 15) is 0 Å². The zero-order chi connectivity index (χ0) is 12.6. The van der Waals surface area contributed by atoms with Crippen LogP contribution in [0.4, 0.5) is 0 Å². The van der Waals surface area contributed by atoms with Crippen LogP contribution in [0.1, 0.15) is 0 Å². The second-order valence-corrected chi connectivity index (χ2v) is 3.54. The Hall–Kier alpha value is -0.510. The summed E-state index contributed by atoms with van der Waals surface area (Å²) in [6.07, 6.45) is 0. The monoisotopic (exact) mass is 255 g/mol. The van der Waals surface area contributed by atoms with Gasteiger partial charge in [0.2, 0.25) is 0 Å². The molecule has 0 fully saturated rings. The third-order valence-corrected chi connectivity index (χ3v) is 0. The molecule has 0 heterocycles. The molecule has 0 aromatic rings. The fraction of sp³-hybridized carbons (Fsp3) is 0. The summed E-state index contributed by atoms with van der Waals surface area (Å²) in [4.78, 5) is 43.1. The Labute approximate surface area is 78.0 Å². The van der Waals surface area contributed by atoms with Gasteiger partial charge in [0, 0.05) is 0 Å². The van der Waals surface area contributed by atoms with Gasteiger partial charge in [0.05, 0.1) is 0 Å². The van der Waals surface area contributed by atoms with Crippen molar-refractivity contribution < 1.29 is 38.5 Å². The lowest BCUT2D eigenvalue weighted by atomic mass is 11.1. The predicted molar refractivity (Wildman–Crippen MR) is 44.6 cm³/mol. The molecule has 0 spiro atoms. The first-order chi connectivity index (χ1) is 5.73. The van der Waals surface area contributed by atoms with Gasteiger partial charge in [-0.3, -0.25) is 5.41 Å². The Bertz CT molecular complexity index is 198. The highest BCUT2D eigenvalue weighted by molar-refractivity contribution is 7.45. The molecule has 88 valence electrons. The second kappa shape index (κ2) is 7.85. The highest BCUT2D eigenvalue weighted by Gasteiger charge is 2.00. The lowest BCUT2D eigenvalue weighted by Crippen LogP contribution is -2.20. The van der Waals surface area contributed by atoms with Crippen LogP contribution in [-0.4, -0.2) is 35.3 Å². The van der Waals surface area contributed by atoms with E-state index in [0.717, 1.165) is 0 Å². The highest BCUT2D eigenvalue weighted by Crippen LogP contribution is 2.26. The van der Waals surface area contributed by atoms with E-state index in [1.807, 2.05) is 0 Å². The topological polar surface area (TPSA) is 231 Å². The van der Waals surface area contributed by atoms with Crippen LogP contribution in [0.5, 0.6) is 0 Å². The molecule has 0 rings (SSSR count). The van der Waals surface area contributed by atoms with Gasteiger partial charge in [-0.25, -0.2) is 9.13 Å². The number of hydrogen-bond donors (Lipinski definition) is 9. The molecule has 11 N–H and O–H groups in total. The van der Waals surface area contributed by atoms with Crippen molar-refractivity contribution >= 4 is 21.6 Å². The lowest BCUT2D eigenvalue weighted by Gasteiger charge is -1.82. The van der Waals surface area contributed by atoms with E-state index >= 15 is 0 Å². The minimum Gasteiger partial charge on any atom is -0.370 e. The molecule has 0 saturated heterocycles. The summed E-state index contributed by atoms with van der Waals surface area (Å²) in [6.45, 7) is 0. The van der Waals surface area contributed by atoms with Crippen LogP contribution in [0.2, 0.25) is 0 Å². The van der Waals surface area contributed by atoms with Crippen LogP contribution >= 0.6 is 15.6 Å². The molecule has 14 heavy (non-hydrogen) atoms. The number of nitrogens with one attached hydrogen (secondary N) is 1. The van der Waals surface area contributed by atoms with Gasteiger partial charge in [0.15, 0.2) is 5.96 Å². The van der Waals surface area contributed by atoms with Gasteiger partial charge in [0.25, 0.3) is 0 Å². The maximum Gasteiger partial charge on any atom is 0.466 e. The smallest absolute Gasteiger partial charge is 0.370 e. The zero-order valence-corrected chi connectivity index (χ0v) is 8.34. The standard InChI is InChI=1S/CH5N3.2H3O4P/c2-1(3)4;2*1-5(2,3)4/h(H5,2,3,4);2*(H3,1,2,3,4). The van der Waals surface area contributed by atoms with Crippen molar-refractivity contribution in [2.75, 3.05) is 0 Å². The molecule has 0 atom stereocenters. The van der Waals surface area contributed by atoms with Crippen molar-refractivity contribution in [3.05, 3.63) is 0 Å². The number of rotatable bonds is 0. The molecule has 0 aromatic heterocycles. The molecule has 0 aromatic carbocycles. The first-order valence-electron chi connectivity index (χ1n) is 2.39. The number of phosphoric acid groups is 2. The van der Waals surface area contributed by atoms with Gasteiger partial charge >= 0.3 is 15.6 Å². The fourth-order valence-corrected chi connectivity index (χ4v) is 0. The average molecular weight is 255 g/mol. The molecular formula is CH11N3O8P2. The van der Waals surface area contributed by atoms with Crippen LogP contribution in [0, 0.1) is 5.41 Å². The van der Waals surface area contributed by atoms with E-state index < -0.39 is 15.6 Å². The molecule has 0 aliphatic heterocycles. The average Bonchev–Trinajstić information content (AvgIpc) is 1.45. The molecule has 0 unspecified atom stereocenters. The Morgan fingerprint density at radius 1 is 0.857 bits per heavy atom. The summed E-state index contributed by atoms with van der Waals surface area (Å²) in [6, 6.07) is 0. The summed E-state index contributed by atoms with van der Waals surface area (Å²) in [5.41, 5.74) is 8.94. The molecular weight excluding hydrogens is 244 g/mol. The minimum absolute atomic E-state index is 0.333. The van der Waals surface area contributed by atoms with Gasteiger partial charge in [-0.05, 0) is 0 Å². The lowest BCUT2D eigenvalue weighted by molar-refractivity contribution is 0.272. The van der Waals surface area contributed by atoms with Gasteiger partial charge in [-0.1, -0.05) is 0 Å². The third-order valence-electron chi connectivity index (χ3n) is 0. The third kappa shape index (κ3) is 4860. The first kappa shape index (κ1) is 19.1. The minimum atomic E-state index is -4.64. The molecule has 0 aliphatic rings. The predicted octanol–water partition coefficient (Wildman–Crippen LogP) is -3.02. The SMILES string of the molecule is N=C(N)N.O=P(O)(O)O.O=P(O)(O)O. The maximum absolute atomic E-state index is 8.88. The Kier molecular flexibility index (Phi) is 10.7. The van der Waals surface area contributed by atoms with E-state index in [1.54, 1.807) is 0 Å². The van der Waals surface area contributed by atoms with Gasteiger partial charge in [0.1, 0.15) is 0 Å². The zero-order valence-electron chi connectivity index (χ0n) is 6.55. The summed E-state index contributed by atoms with van der Waals surface area (Å²) >= 11 is 0. The van der Waals surface area contributed by atoms with Crippen molar-refractivity contribution in [1.29, 1.82) is 5.41 Å². The molecule has 0 aliphatic carbocycles. The first-order valence-corrected chi connectivity index (χ1v) is 5.52. The van der Waals surface area contributed by atoms with Crippen LogP contribution < -0.4 is 11.5 Å². The molecule has 11 nitrogen and oxygen atoms in total. The molecule has 0 saturated carbocycles. The Morgan fingerprint density at radius 2 is 0.857 bits per heavy atom. The van der Waals surface area contributed by atoms with Crippen molar-refractivity contribution in [2.45, 2.75) is 0 Å². The van der Waals surface area contributed by atoms with Crippen molar-refractivity contribution in [2.24, 2.45) is 11.5 Å². The summed E-state index contributed by atoms with van der Waals surface area (Å²) in [5, 5.41) is 6.06. The van der Waals surface area contributed by atoms with Gasteiger partial charge < -0.3 is 40.8 Å².